The van der Waals surface area contributed by atoms with Gasteiger partial charge >= 0.3 is 0 Å². The van der Waals surface area contributed by atoms with Gasteiger partial charge in [-0.2, -0.15) is 0 Å². The number of ether oxygens (including phenoxy) is 1. The van der Waals surface area contributed by atoms with Gasteiger partial charge in [0.15, 0.2) is 0 Å². The summed E-state index contributed by atoms with van der Waals surface area (Å²) >= 11 is 0. The molecular weight excluding hydrogens is 224 g/mol. The summed E-state index contributed by atoms with van der Waals surface area (Å²) in [7, 11) is 0. The summed E-state index contributed by atoms with van der Waals surface area (Å²) in [5.41, 5.74) is 8.49. The molecule has 1 aromatic carbocycles. The number of nitrogens with zero attached hydrogens (tertiary/aromatic N) is 1. The lowest BCUT2D eigenvalue weighted by atomic mass is 9.95. The van der Waals surface area contributed by atoms with Crippen LogP contribution in [0.3, 0.4) is 0 Å². The molecule has 0 amide bonds. The molecule has 3 nitrogen and oxygen atoms in total. The highest BCUT2D eigenvalue weighted by atomic mass is 16.5. The number of nitrogen functional groups attached to an aromatic ring is 1. The van der Waals surface area contributed by atoms with Crippen molar-refractivity contribution in [1.82, 2.24) is 4.90 Å². The van der Waals surface area contributed by atoms with Gasteiger partial charge in [0.2, 0.25) is 0 Å². The Balaban J connectivity index is 1.69. The lowest BCUT2D eigenvalue weighted by molar-refractivity contribution is 0.139. The van der Waals surface area contributed by atoms with E-state index in [0.717, 1.165) is 31.9 Å². The normalized spacial score (nSPS) is 23.6. The maximum absolute atomic E-state index is 5.77. The monoisotopic (exact) mass is 246 g/mol. The van der Waals surface area contributed by atoms with E-state index in [9.17, 15) is 0 Å². The molecule has 1 saturated carbocycles. The van der Waals surface area contributed by atoms with Crippen molar-refractivity contribution in [3.05, 3.63) is 29.8 Å². The third kappa shape index (κ3) is 2.52. The van der Waals surface area contributed by atoms with Gasteiger partial charge in [-0.05, 0) is 37.0 Å². The molecule has 98 valence electrons. The summed E-state index contributed by atoms with van der Waals surface area (Å²) in [5, 5.41) is 0. The van der Waals surface area contributed by atoms with Crippen LogP contribution in [-0.2, 0) is 10.2 Å². The SMILES string of the molecule is Nc1ccc(C2(CN3CCCOCC3)CC2)cc1. The largest absolute Gasteiger partial charge is 0.399 e. The molecule has 1 aliphatic heterocycles. The fraction of sp³-hybridized carbons (Fsp3) is 0.600. The van der Waals surface area contributed by atoms with Crippen LogP contribution < -0.4 is 5.73 Å². The van der Waals surface area contributed by atoms with E-state index in [4.69, 9.17) is 10.5 Å². The highest BCUT2D eigenvalue weighted by Crippen LogP contribution is 2.48. The van der Waals surface area contributed by atoms with Crippen LogP contribution >= 0.6 is 0 Å². The first-order chi connectivity index (χ1) is 8.78. The summed E-state index contributed by atoms with van der Waals surface area (Å²) in [5.74, 6) is 0. The van der Waals surface area contributed by atoms with Crippen molar-refractivity contribution in [2.45, 2.75) is 24.7 Å². The number of anilines is 1. The molecule has 3 heteroatoms. The van der Waals surface area contributed by atoms with Gasteiger partial charge in [0.25, 0.3) is 0 Å². The minimum Gasteiger partial charge on any atom is -0.399 e. The summed E-state index contributed by atoms with van der Waals surface area (Å²) in [6.45, 7) is 5.25. The fourth-order valence-electron chi connectivity index (χ4n) is 2.91. The van der Waals surface area contributed by atoms with Crippen LogP contribution in [0.2, 0.25) is 0 Å². The lowest BCUT2D eigenvalue weighted by Gasteiger charge is -2.26. The van der Waals surface area contributed by atoms with Gasteiger partial charge in [-0.15, -0.1) is 0 Å². The Hall–Kier alpha value is -1.06. The highest BCUT2D eigenvalue weighted by molar-refractivity contribution is 5.43. The zero-order valence-corrected chi connectivity index (χ0v) is 10.9. The van der Waals surface area contributed by atoms with Crippen molar-refractivity contribution < 1.29 is 4.74 Å². The smallest absolute Gasteiger partial charge is 0.0593 e. The van der Waals surface area contributed by atoms with Crippen LogP contribution in [0.25, 0.3) is 0 Å². The van der Waals surface area contributed by atoms with Crippen molar-refractivity contribution >= 4 is 5.69 Å². The number of hydrogen-bond donors (Lipinski definition) is 1. The molecule has 18 heavy (non-hydrogen) atoms. The highest BCUT2D eigenvalue weighted by Gasteiger charge is 2.45. The van der Waals surface area contributed by atoms with Crippen LogP contribution in [0.5, 0.6) is 0 Å². The van der Waals surface area contributed by atoms with Gasteiger partial charge in [0, 0.05) is 37.3 Å². The van der Waals surface area contributed by atoms with E-state index in [1.165, 1.54) is 31.5 Å². The first-order valence-electron chi connectivity index (χ1n) is 6.95. The molecular formula is C15H22N2O. The molecule has 0 spiro atoms. The second kappa shape index (κ2) is 4.90. The van der Waals surface area contributed by atoms with E-state index in [1.54, 1.807) is 0 Å². The number of rotatable bonds is 3. The number of hydrogen-bond acceptors (Lipinski definition) is 3. The van der Waals surface area contributed by atoms with Crippen LogP contribution in [-0.4, -0.2) is 37.7 Å². The Kier molecular flexibility index (Phi) is 3.27. The van der Waals surface area contributed by atoms with E-state index in [0.29, 0.717) is 5.41 Å². The molecule has 1 heterocycles. The molecule has 3 rings (SSSR count). The maximum atomic E-state index is 5.77. The molecule has 2 fully saturated rings. The van der Waals surface area contributed by atoms with Gasteiger partial charge in [-0.3, -0.25) is 0 Å². The van der Waals surface area contributed by atoms with Crippen LogP contribution in [0.1, 0.15) is 24.8 Å². The Morgan fingerprint density at radius 3 is 2.61 bits per heavy atom. The first-order valence-corrected chi connectivity index (χ1v) is 6.95. The van der Waals surface area contributed by atoms with E-state index in [1.807, 2.05) is 12.1 Å². The molecule has 0 radical (unpaired) electrons. The quantitative estimate of drug-likeness (QED) is 0.829. The van der Waals surface area contributed by atoms with Gasteiger partial charge in [-0.25, -0.2) is 0 Å². The number of nitrogens with two attached hydrogens (primary N) is 1. The summed E-state index contributed by atoms with van der Waals surface area (Å²) in [6.07, 6.45) is 3.79. The molecule has 0 unspecified atom stereocenters. The van der Waals surface area contributed by atoms with Crippen molar-refractivity contribution in [2.75, 3.05) is 38.6 Å². The van der Waals surface area contributed by atoms with Crippen molar-refractivity contribution in [1.29, 1.82) is 0 Å². The van der Waals surface area contributed by atoms with E-state index >= 15 is 0 Å². The van der Waals surface area contributed by atoms with Gasteiger partial charge in [0.1, 0.15) is 0 Å². The van der Waals surface area contributed by atoms with E-state index in [-0.39, 0.29) is 0 Å². The summed E-state index contributed by atoms with van der Waals surface area (Å²) in [6, 6.07) is 8.47. The predicted octanol–water partition coefficient (Wildman–Crippen LogP) is 2.02. The first kappa shape index (κ1) is 12.0. The second-order valence-corrected chi connectivity index (χ2v) is 5.64. The molecule has 2 N–H and O–H groups in total. The van der Waals surface area contributed by atoms with E-state index in [2.05, 4.69) is 17.0 Å². The number of benzene rings is 1. The van der Waals surface area contributed by atoms with Crippen LogP contribution in [0, 0.1) is 0 Å². The summed E-state index contributed by atoms with van der Waals surface area (Å²) in [4.78, 5) is 2.57. The zero-order chi connectivity index (χ0) is 12.4. The van der Waals surface area contributed by atoms with Gasteiger partial charge in [-0.1, -0.05) is 12.1 Å². The van der Waals surface area contributed by atoms with Crippen molar-refractivity contribution in [3.63, 3.8) is 0 Å². The lowest BCUT2D eigenvalue weighted by Crippen LogP contribution is -2.34. The summed E-state index contributed by atoms with van der Waals surface area (Å²) < 4.78 is 5.52. The Bertz CT molecular complexity index is 389. The zero-order valence-electron chi connectivity index (χ0n) is 10.9. The van der Waals surface area contributed by atoms with Gasteiger partial charge < -0.3 is 15.4 Å². The Labute approximate surface area is 109 Å². The molecule has 1 aromatic rings. The second-order valence-electron chi connectivity index (χ2n) is 5.64. The molecule has 0 aromatic heterocycles. The third-order valence-corrected chi connectivity index (χ3v) is 4.22. The minimum atomic E-state index is 0.401. The topological polar surface area (TPSA) is 38.5 Å². The molecule has 0 atom stereocenters. The molecule has 1 saturated heterocycles. The fourth-order valence-corrected chi connectivity index (χ4v) is 2.91. The molecule has 2 aliphatic rings. The van der Waals surface area contributed by atoms with Crippen LogP contribution in [0.4, 0.5) is 5.69 Å². The van der Waals surface area contributed by atoms with Gasteiger partial charge in [0.05, 0.1) is 6.61 Å². The third-order valence-electron chi connectivity index (χ3n) is 4.22. The average molecular weight is 246 g/mol. The predicted molar refractivity (Wildman–Crippen MR) is 73.6 cm³/mol. The minimum absolute atomic E-state index is 0.401. The van der Waals surface area contributed by atoms with Crippen molar-refractivity contribution in [3.8, 4) is 0 Å². The molecule has 1 aliphatic carbocycles. The molecule has 0 bridgehead atoms. The van der Waals surface area contributed by atoms with Crippen molar-refractivity contribution in [2.24, 2.45) is 0 Å². The average Bonchev–Trinajstić information content (AvgIpc) is 3.17. The Morgan fingerprint density at radius 2 is 1.89 bits per heavy atom. The standard InChI is InChI=1S/C15H22N2O/c16-14-4-2-13(3-5-14)15(6-7-15)12-17-8-1-10-18-11-9-17/h2-5H,1,6-12,16H2. The maximum Gasteiger partial charge on any atom is 0.0593 e. The van der Waals surface area contributed by atoms with Crippen LogP contribution in [0.15, 0.2) is 24.3 Å². The Morgan fingerprint density at radius 1 is 1.11 bits per heavy atom. The van der Waals surface area contributed by atoms with E-state index < -0.39 is 0 Å².